The Morgan fingerprint density at radius 1 is 1.33 bits per heavy atom. The smallest absolute Gasteiger partial charge is 0.257 e. The standard InChI is InChI=1S/C18H19N3O2S/c1-11-8-19-18-20(16(11)22)9-14(10-24-18)17(23)21-12(2)7-13-5-3-4-6-15(13)21/h3-6,8,12,14H,7,9-10H2,1-2H3/t12-,14+/m1/s1. The fourth-order valence-corrected chi connectivity index (χ4v) is 4.59. The molecule has 2 aliphatic heterocycles. The fraction of sp³-hybridized carbons (Fsp3) is 0.389. The van der Waals surface area contributed by atoms with Gasteiger partial charge in [-0.05, 0) is 31.9 Å². The van der Waals surface area contributed by atoms with Crippen molar-refractivity contribution in [2.75, 3.05) is 10.7 Å². The minimum absolute atomic E-state index is 0.0418. The number of aromatic nitrogens is 2. The van der Waals surface area contributed by atoms with E-state index in [9.17, 15) is 9.59 Å². The van der Waals surface area contributed by atoms with Crippen molar-refractivity contribution in [3.05, 3.63) is 51.9 Å². The third-order valence-electron chi connectivity index (χ3n) is 4.79. The Morgan fingerprint density at radius 3 is 2.96 bits per heavy atom. The molecule has 1 amide bonds. The highest BCUT2D eigenvalue weighted by atomic mass is 32.2. The Morgan fingerprint density at radius 2 is 2.12 bits per heavy atom. The van der Waals surface area contributed by atoms with Gasteiger partial charge >= 0.3 is 0 Å². The molecule has 0 radical (unpaired) electrons. The summed E-state index contributed by atoms with van der Waals surface area (Å²) in [6, 6.07) is 8.24. The lowest BCUT2D eigenvalue weighted by Gasteiger charge is -2.30. The van der Waals surface area contributed by atoms with E-state index >= 15 is 0 Å². The van der Waals surface area contributed by atoms with Crippen molar-refractivity contribution in [3.8, 4) is 0 Å². The van der Waals surface area contributed by atoms with Gasteiger partial charge in [-0.15, -0.1) is 0 Å². The summed E-state index contributed by atoms with van der Waals surface area (Å²) < 4.78 is 1.65. The van der Waals surface area contributed by atoms with Gasteiger partial charge in [0.25, 0.3) is 5.56 Å². The number of rotatable bonds is 1. The van der Waals surface area contributed by atoms with E-state index in [-0.39, 0.29) is 23.4 Å². The Bertz CT molecular complexity index is 877. The molecule has 0 bridgehead atoms. The molecule has 0 aliphatic carbocycles. The molecule has 124 valence electrons. The largest absolute Gasteiger partial charge is 0.309 e. The van der Waals surface area contributed by atoms with Crippen molar-refractivity contribution < 1.29 is 4.79 Å². The van der Waals surface area contributed by atoms with E-state index in [1.165, 1.54) is 17.3 Å². The molecule has 1 aromatic heterocycles. The minimum atomic E-state index is -0.197. The van der Waals surface area contributed by atoms with E-state index in [2.05, 4.69) is 18.0 Å². The quantitative estimate of drug-likeness (QED) is 0.747. The second-order valence-corrected chi connectivity index (χ2v) is 7.52. The van der Waals surface area contributed by atoms with Crippen LogP contribution in [0.2, 0.25) is 0 Å². The SMILES string of the molecule is Cc1cnc2n(c1=O)C[C@H](C(=O)N1c3ccccc3C[C@H]1C)CS2. The lowest BCUT2D eigenvalue weighted by molar-refractivity contribution is -0.122. The second kappa shape index (κ2) is 5.77. The summed E-state index contributed by atoms with van der Waals surface area (Å²) >= 11 is 1.49. The van der Waals surface area contributed by atoms with Crippen LogP contribution >= 0.6 is 11.8 Å². The van der Waals surface area contributed by atoms with Crippen LogP contribution in [-0.4, -0.2) is 27.3 Å². The number of benzene rings is 1. The van der Waals surface area contributed by atoms with E-state index < -0.39 is 0 Å². The number of hydrogen-bond donors (Lipinski definition) is 0. The van der Waals surface area contributed by atoms with Crippen LogP contribution in [0.4, 0.5) is 5.69 Å². The summed E-state index contributed by atoms with van der Waals surface area (Å²) in [7, 11) is 0. The van der Waals surface area contributed by atoms with Crippen LogP contribution < -0.4 is 10.5 Å². The van der Waals surface area contributed by atoms with Crippen molar-refractivity contribution in [3.63, 3.8) is 0 Å². The summed E-state index contributed by atoms with van der Waals surface area (Å²) in [5.41, 5.74) is 2.81. The summed E-state index contributed by atoms with van der Waals surface area (Å²) in [6.45, 7) is 4.26. The molecule has 0 saturated heterocycles. The molecule has 6 heteroatoms. The van der Waals surface area contributed by atoms with Crippen molar-refractivity contribution in [2.45, 2.75) is 38.0 Å². The van der Waals surface area contributed by atoms with Crippen LogP contribution in [0.15, 0.2) is 40.4 Å². The maximum absolute atomic E-state index is 13.2. The average molecular weight is 341 g/mol. The fourth-order valence-electron chi connectivity index (χ4n) is 3.55. The molecular weight excluding hydrogens is 322 g/mol. The molecule has 3 heterocycles. The van der Waals surface area contributed by atoms with Crippen LogP contribution in [0.25, 0.3) is 0 Å². The number of aryl methyl sites for hydroxylation is 1. The zero-order chi connectivity index (χ0) is 16.8. The van der Waals surface area contributed by atoms with E-state index in [0.29, 0.717) is 23.0 Å². The number of para-hydroxylation sites is 1. The van der Waals surface area contributed by atoms with Gasteiger partial charge in [-0.1, -0.05) is 30.0 Å². The first-order valence-electron chi connectivity index (χ1n) is 8.16. The van der Waals surface area contributed by atoms with Crippen LogP contribution in [0, 0.1) is 12.8 Å². The van der Waals surface area contributed by atoms with E-state index in [1.807, 2.05) is 23.1 Å². The number of thioether (sulfide) groups is 1. The van der Waals surface area contributed by atoms with Crippen molar-refractivity contribution in [1.29, 1.82) is 0 Å². The second-order valence-electron chi connectivity index (χ2n) is 6.54. The van der Waals surface area contributed by atoms with Crippen molar-refractivity contribution in [1.82, 2.24) is 9.55 Å². The molecule has 0 fully saturated rings. The molecular formula is C18H19N3O2S. The predicted octanol–water partition coefficient (Wildman–Crippen LogP) is 2.25. The first kappa shape index (κ1) is 15.4. The van der Waals surface area contributed by atoms with E-state index in [0.717, 1.165) is 12.1 Å². The minimum Gasteiger partial charge on any atom is -0.309 e. The maximum Gasteiger partial charge on any atom is 0.257 e. The molecule has 0 saturated carbocycles. The highest BCUT2D eigenvalue weighted by molar-refractivity contribution is 7.99. The van der Waals surface area contributed by atoms with Gasteiger partial charge in [-0.3, -0.25) is 14.2 Å². The molecule has 5 nitrogen and oxygen atoms in total. The first-order chi connectivity index (χ1) is 11.6. The van der Waals surface area contributed by atoms with Crippen molar-refractivity contribution >= 4 is 23.4 Å². The molecule has 2 aromatic rings. The number of nitrogens with zero attached hydrogens (tertiary/aromatic N) is 3. The molecule has 0 spiro atoms. The van der Waals surface area contributed by atoms with E-state index in [1.54, 1.807) is 17.7 Å². The lowest BCUT2D eigenvalue weighted by Crippen LogP contribution is -2.45. The molecule has 1 aromatic carbocycles. The summed E-state index contributed by atoms with van der Waals surface area (Å²) in [5.74, 6) is 0.580. The maximum atomic E-state index is 13.2. The zero-order valence-corrected chi connectivity index (χ0v) is 14.5. The van der Waals surface area contributed by atoms with Gasteiger partial charge < -0.3 is 4.90 Å². The lowest BCUT2D eigenvalue weighted by atomic mass is 10.1. The van der Waals surface area contributed by atoms with Crippen LogP contribution in [0.1, 0.15) is 18.1 Å². The Labute approximate surface area is 144 Å². The molecule has 2 aliphatic rings. The number of fused-ring (bicyclic) bond motifs is 2. The third kappa shape index (κ3) is 2.36. The zero-order valence-electron chi connectivity index (χ0n) is 13.7. The van der Waals surface area contributed by atoms with Crippen LogP contribution in [0.3, 0.4) is 0 Å². The molecule has 4 rings (SSSR count). The molecule has 2 atom stereocenters. The van der Waals surface area contributed by atoms with Gasteiger partial charge in [-0.25, -0.2) is 4.98 Å². The monoisotopic (exact) mass is 341 g/mol. The topological polar surface area (TPSA) is 55.2 Å². The summed E-state index contributed by atoms with van der Waals surface area (Å²) in [5, 5.41) is 0.713. The highest BCUT2D eigenvalue weighted by Gasteiger charge is 2.36. The van der Waals surface area contributed by atoms with Crippen LogP contribution in [-0.2, 0) is 17.8 Å². The molecule has 0 N–H and O–H groups in total. The number of hydrogen-bond acceptors (Lipinski definition) is 4. The summed E-state index contributed by atoms with van der Waals surface area (Å²) in [6.07, 6.45) is 2.50. The number of anilines is 1. The highest BCUT2D eigenvalue weighted by Crippen LogP contribution is 2.35. The van der Waals surface area contributed by atoms with E-state index in [4.69, 9.17) is 0 Å². The summed E-state index contributed by atoms with van der Waals surface area (Å²) in [4.78, 5) is 31.7. The van der Waals surface area contributed by atoms with Gasteiger partial charge in [-0.2, -0.15) is 0 Å². The van der Waals surface area contributed by atoms with Gasteiger partial charge in [0.15, 0.2) is 5.16 Å². The van der Waals surface area contributed by atoms with Gasteiger partial charge in [0.05, 0.1) is 5.92 Å². The normalized spacial score (nSPS) is 22.2. The first-order valence-corrected chi connectivity index (χ1v) is 9.15. The Hall–Kier alpha value is -2.08. The predicted molar refractivity (Wildman–Crippen MR) is 94.5 cm³/mol. The number of carbonyl (C=O) groups is 1. The Kier molecular flexibility index (Phi) is 3.72. The van der Waals surface area contributed by atoms with Crippen LogP contribution in [0.5, 0.6) is 0 Å². The molecule has 0 unspecified atom stereocenters. The molecule has 24 heavy (non-hydrogen) atoms. The van der Waals surface area contributed by atoms with Crippen molar-refractivity contribution in [2.24, 2.45) is 5.92 Å². The number of carbonyl (C=O) groups excluding carboxylic acids is 1. The third-order valence-corrected chi connectivity index (χ3v) is 5.95. The van der Waals surface area contributed by atoms with Gasteiger partial charge in [0, 0.05) is 35.8 Å². The Balaban J connectivity index is 1.65. The van der Waals surface area contributed by atoms with Gasteiger partial charge in [0.1, 0.15) is 0 Å². The van der Waals surface area contributed by atoms with Gasteiger partial charge in [0.2, 0.25) is 5.91 Å². The average Bonchev–Trinajstić information content (AvgIpc) is 2.93. The number of amides is 1.